The second kappa shape index (κ2) is 5.27. The molecular formula is C13H20N2O2. The van der Waals surface area contributed by atoms with Gasteiger partial charge in [0.05, 0.1) is 0 Å². The summed E-state index contributed by atoms with van der Waals surface area (Å²) < 4.78 is 9.79. The van der Waals surface area contributed by atoms with E-state index in [1.165, 1.54) is 0 Å². The van der Waals surface area contributed by atoms with Crippen molar-refractivity contribution in [1.82, 2.24) is 0 Å². The Hall–Kier alpha value is -1.42. The maximum Gasteiger partial charge on any atom is 0.286 e. The minimum absolute atomic E-state index is 0.000955. The molecule has 4 nitrogen and oxygen atoms in total. The van der Waals surface area contributed by atoms with Crippen molar-refractivity contribution in [2.24, 2.45) is 16.7 Å². The number of nitriles is 2. The first-order valence-corrected chi connectivity index (χ1v) is 5.93. The van der Waals surface area contributed by atoms with Gasteiger partial charge in [-0.3, -0.25) is 0 Å². The Morgan fingerprint density at radius 1 is 1.12 bits per heavy atom. The van der Waals surface area contributed by atoms with Gasteiger partial charge in [0, 0.05) is 5.41 Å². The third kappa shape index (κ3) is 4.15. The van der Waals surface area contributed by atoms with Gasteiger partial charge in [-0.25, -0.2) is 0 Å². The maximum atomic E-state index is 8.51. The quantitative estimate of drug-likeness (QED) is 0.704. The summed E-state index contributed by atoms with van der Waals surface area (Å²) in [6, 6.07) is 0. The Labute approximate surface area is 103 Å². The number of rotatable bonds is 4. The number of hydrogen-bond acceptors (Lipinski definition) is 4. The zero-order valence-electron chi connectivity index (χ0n) is 10.8. The zero-order chi connectivity index (χ0) is 12.9. The number of nitrogens with zero attached hydrogens (tertiary/aromatic N) is 2. The molecule has 0 aromatic carbocycles. The van der Waals surface area contributed by atoms with Gasteiger partial charge < -0.3 is 9.47 Å². The summed E-state index contributed by atoms with van der Waals surface area (Å²) in [5.74, 6) is 0.366. The van der Waals surface area contributed by atoms with E-state index in [2.05, 4.69) is 20.8 Å². The maximum absolute atomic E-state index is 8.51. The fraction of sp³-hybridized carbons (Fsp3) is 0.846. The van der Waals surface area contributed by atoms with Crippen LogP contribution < -0.4 is 0 Å². The van der Waals surface area contributed by atoms with Gasteiger partial charge in [0.1, 0.15) is 13.2 Å². The first-order valence-electron chi connectivity index (χ1n) is 5.93. The molecule has 0 saturated heterocycles. The van der Waals surface area contributed by atoms with Crippen LogP contribution in [0, 0.1) is 39.8 Å². The lowest BCUT2D eigenvalue weighted by molar-refractivity contribution is -0.00850. The van der Waals surface area contributed by atoms with Crippen LogP contribution in [0.3, 0.4) is 0 Å². The van der Waals surface area contributed by atoms with Gasteiger partial charge in [-0.2, -0.15) is 10.5 Å². The molecule has 0 spiro atoms. The summed E-state index contributed by atoms with van der Waals surface area (Å²) >= 11 is 0. The van der Waals surface area contributed by atoms with Gasteiger partial charge in [-0.05, 0) is 30.6 Å². The lowest BCUT2D eigenvalue weighted by atomic mass is 9.61. The second-order valence-electron chi connectivity index (χ2n) is 6.21. The number of ether oxygens (including phenoxy) is 2. The van der Waals surface area contributed by atoms with E-state index in [-0.39, 0.29) is 10.8 Å². The van der Waals surface area contributed by atoms with Crippen molar-refractivity contribution in [1.29, 1.82) is 10.5 Å². The lowest BCUT2D eigenvalue weighted by Crippen LogP contribution is -2.39. The standard InChI is InChI=1S/C13H20N2O2/c1-12(2)4-11(6-16-9-14)5-13(3,7-12)8-17-10-15/h11H,4-8H2,1-3H3. The molecule has 1 fully saturated rings. The summed E-state index contributed by atoms with van der Waals surface area (Å²) in [5.41, 5.74) is 0.205. The largest absolute Gasteiger partial charge is 0.427 e. The summed E-state index contributed by atoms with van der Waals surface area (Å²) in [7, 11) is 0. The molecule has 0 radical (unpaired) electrons. The third-order valence-corrected chi connectivity index (χ3v) is 3.40. The molecule has 0 aromatic heterocycles. The highest BCUT2D eigenvalue weighted by Gasteiger charge is 2.42. The predicted octanol–water partition coefficient (Wildman–Crippen LogP) is 2.81. The molecule has 4 heteroatoms. The van der Waals surface area contributed by atoms with E-state index in [1.807, 2.05) is 0 Å². The van der Waals surface area contributed by atoms with Crippen LogP contribution in [-0.2, 0) is 9.47 Å². The smallest absolute Gasteiger partial charge is 0.286 e. The molecule has 1 rings (SSSR count). The molecule has 1 aliphatic carbocycles. The molecule has 94 valence electrons. The van der Waals surface area contributed by atoms with Crippen molar-refractivity contribution in [2.75, 3.05) is 13.2 Å². The first-order chi connectivity index (χ1) is 7.91. The van der Waals surface area contributed by atoms with Crippen LogP contribution in [-0.4, -0.2) is 13.2 Å². The van der Waals surface area contributed by atoms with Gasteiger partial charge in [-0.1, -0.05) is 20.8 Å². The monoisotopic (exact) mass is 236 g/mol. The Morgan fingerprint density at radius 2 is 1.76 bits per heavy atom. The molecule has 0 N–H and O–H groups in total. The molecule has 0 bridgehead atoms. The molecule has 0 amide bonds. The summed E-state index contributed by atoms with van der Waals surface area (Å²) in [5, 5.41) is 17.0. The van der Waals surface area contributed by atoms with Crippen molar-refractivity contribution in [3.8, 4) is 12.5 Å². The molecule has 1 aliphatic rings. The van der Waals surface area contributed by atoms with E-state index in [0.29, 0.717) is 19.1 Å². The van der Waals surface area contributed by atoms with Crippen molar-refractivity contribution in [2.45, 2.75) is 40.0 Å². The van der Waals surface area contributed by atoms with Crippen LogP contribution in [0.25, 0.3) is 0 Å². The van der Waals surface area contributed by atoms with Crippen LogP contribution in [0.4, 0.5) is 0 Å². The molecule has 1 saturated carbocycles. The van der Waals surface area contributed by atoms with E-state index >= 15 is 0 Å². The number of hydrogen-bond donors (Lipinski definition) is 0. The Bertz CT molecular complexity index is 340. The highest BCUT2D eigenvalue weighted by atomic mass is 16.5. The lowest BCUT2D eigenvalue weighted by Gasteiger charge is -2.45. The molecule has 0 heterocycles. The van der Waals surface area contributed by atoms with E-state index in [4.69, 9.17) is 20.0 Å². The van der Waals surface area contributed by atoms with Crippen LogP contribution in [0.2, 0.25) is 0 Å². The third-order valence-electron chi connectivity index (χ3n) is 3.40. The van der Waals surface area contributed by atoms with Crippen LogP contribution in [0.1, 0.15) is 40.0 Å². The Morgan fingerprint density at radius 3 is 2.35 bits per heavy atom. The van der Waals surface area contributed by atoms with Crippen LogP contribution >= 0.6 is 0 Å². The van der Waals surface area contributed by atoms with Crippen molar-refractivity contribution in [3.63, 3.8) is 0 Å². The summed E-state index contributed by atoms with van der Waals surface area (Å²) in [4.78, 5) is 0. The molecule has 17 heavy (non-hydrogen) atoms. The van der Waals surface area contributed by atoms with E-state index < -0.39 is 0 Å². The normalized spacial score (nSPS) is 31.0. The van der Waals surface area contributed by atoms with Gasteiger partial charge in [0.25, 0.3) is 12.5 Å². The second-order valence-corrected chi connectivity index (χ2v) is 6.21. The van der Waals surface area contributed by atoms with Crippen molar-refractivity contribution in [3.05, 3.63) is 0 Å². The summed E-state index contributed by atoms with van der Waals surface area (Å²) in [6.45, 7) is 7.51. The molecular weight excluding hydrogens is 216 g/mol. The Kier molecular flexibility index (Phi) is 4.23. The predicted molar refractivity (Wildman–Crippen MR) is 62.4 cm³/mol. The highest BCUT2D eigenvalue weighted by molar-refractivity contribution is 4.92. The SMILES string of the molecule is CC1(C)CC(COC#N)CC(C)(COC#N)C1. The molecule has 0 aliphatic heterocycles. The van der Waals surface area contributed by atoms with Gasteiger partial charge in [0.15, 0.2) is 0 Å². The fourth-order valence-corrected chi connectivity index (χ4v) is 3.44. The van der Waals surface area contributed by atoms with Gasteiger partial charge >= 0.3 is 0 Å². The van der Waals surface area contributed by atoms with Gasteiger partial charge in [-0.15, -0.1) is 0 Å². The van der Waals surface area contributed by atoms with Crippen molar-refractivity contribution >= 4 is 0 Å². The molecule has 2 atom stereocenters. The van der Waals surface area contributed by atoms with E-state index in [1.54, 1.807) is 12.5 Å². The summed E-state index contributed by atoms with van der Waals surface area (Å²) in [6.07, 6.45) is 6.50. The minimum atomic E-state index is 0.000955. The fourth-order valence-electron chi connectivity index (χ4n) is 3.44. The first kappa shape index (κ1) is 13.6. The molecule has 2 unspecified atom stereocenters. The van der Waals surface area contributed by atoms with Crippen LogP contribution in [0.5, 0.6) is 0 Å². The van der Waals surface area contributed by atoms with Gasteiger partial charge in [0.2, 0.25) is 0 Å². The average Bonchev–Trinajstić information content (AvgIpc) is 2.21. The minimum Gasteiger partial charge on any atom is -0.427 e. The zero-order valence-corrected chi connectivity index (χ0v) is 10.8. The van der Waals surface area contributed by atoms with E-state index in [0.717, 1.165) is 19.3 Å². The van der Waals surface area contributed by atoms with Crippen LogP contribution in [0.15, 0.2) is 0 Å². The average molecular weight is 236 g/mol. The highest BCUT2D eigenvalue weighted by Crippen LogP contribution is 2.48. The molecule has 0 aromatic rings. The van der Waals surface area contributed by atoms with Crippen molar-refractivity contribution < 1.29 is 9.47 Å². The topological polar surface area (TPSA) is 66.0 Å². The van der Waals surface area contributed by atoms with E-state index in [9.17, 15) is 0 Å². The Balaban J connectivity index is 2.67.